The minimum atomic E-state index is -0.483. The summed E-state index contributed by atoms with van der Waals surface area (Å²) < 4.78 is 0. The van der Waals surface area contributed by atoms with Crippen molar-refractivity contribution >= 4 is 11.6 Å². The second-order valence-corrected chi connectivity index (χ2v) is 4.37. The first kappa shape index (κ1) is 14.1. The van der Waals surface area contributed by atoms with Crippen LogP contribution in [0, 0.1) is 0 Å². The molecular formula is C16H18N2O2. The van der Waals surface area contributed by atoms with Crippen molar-refractivity contribution < 1.29 is 9.63 Å². The van der Waals surface area contributed by atoms with Crippen molar-refractivity contribution in [2.45, 2.75) is 6.04 Å². The molecule has 0 heterocycles. The second-order valence-electron chi connectivity index (χ2n) is 4.37. The Labute approximate surface area is 118 Å². The Hall–Kier alpha value is -2.33. The molecule has 0 fully saturated rings. The summed E-state index contributed by atoms with van der Waals surface area (Å²) in [5.74, 6) is -0.150. The maximum atomic E-state index is 12.4. The van der Waals surface area contributed by atoms with Gasteiger partial charge in [0.1, 0.15) is 6.04 Å². The van der Waals surface area contributed by atoms with Gasteiger partial charge in [-0.05, 0) is 17.7 Å². The van der Waals surface area contributed by atoms with Gasteiger partial charge in [0, 0.05) is 12.7 Å². The Morgan fingerprint density at radius 3 is 2.15 bits per heavy atom. The SMILES string of the molecule is CON(C)C(=O)C(Nc1ccccc1)c1ccccc1. The van der Waals surface area contributed by atoms with E-state index in [0.29, 0.717) is 0 Å². The van der Waals surface area contributed by atoms with E-state index >= 15 is 0 Å². The lowest BCUT2D eigenvalue weighted by molar-refractivity contribution is -0.169. The standard InChI is InChI=1S/C16H18N2O2/c1-18(20-2)16(19)15(13-9-5-3-6-10-13)17-14-11-7-4-8-12-14/h3-12,15,17H,1-2H3. The van der Waals surface area contributed by atoms with Gasteiger partial charge in [-0.15, -0.1) is 0 Å². The van der Waals surface area contributed by atoms with Gasteiger partial charge in [0.15, 0.2) is 0 Å². The number of carbonyl (C=O) groups excluding carboxylic acids is 1. The Balaban J connectivity index is 2.27. The zero-order chi connectivity index (χ0) is 14.4. The van der Waals surface area contributed by atoms with E-state index in [4.69, 9.17) is 4.84 Å². The molecule has 0 saturated heterocycles. The zero-order valence-corrected chi connectivity index (χ0v) is 11.6. The van der Waals surface area contributed by atoms with E-state index in [-0.39, 0.29) is 5.91 Å². The summed E-state index contributed by atoms with van der Waals surface area (Å²) in [7, 11) is 3.08. The molecule has 1 atom stereocenters. The number of carbonyl (C=O) groups is 1. The molecule has 0 radical (unpaired) electrons. The molecule has 0 aliphatic heterocycles. The Morgan fingerprint density at radius 2 is 1.60 bits per heavy atom. The van der Waals surface area contributed by atoms with Crippen LogP contribution in [0.25, 0.3) is 0 Å². The summed E-state index contributed by atoms with van der Waals surface area (Å²) in [6, 6.07) is 18.7. The summed E-state index contributed by atoms with van der Waals surface area (Å²) in [5, 5.41) is 4.47. The zero-order valence-electron chi connectivity index (χ0n) is 11.6. The lowest BCUT2D eigenvalue weighted by atomic mass is 10.1. The number of anilines is 1. The quantitative estimate of drug-likeness (QED) is 0.849. The molecule has 1 N–H and O–H groups in total. The van der Waals surface area contributed by atoms with E-state index in [2.05, 4.69) is 5.32 Å². The number of nitrogens with one attached hydrogen (secondary N) is 1. The topological polar surface area (TPSA) is 41.6 Å². The highest BCUT2D eigenvalue weighted by atomic mass is 16.7. The highest BCUT2D eigenvalue weighted by Gasteiger charge is 2.23. The molecule has 0 aromatic heterocycles. The lowest BCUT2D eigenvalue weighted by Gasteiger charge is -2.24. The van der Waals surface area contributed by atoms with Crippen LogP contribution in [0.5, 0.6) is 0 Å². The van der Waals surface area contributed by atoms with Crippen LogP contribution in [0.4, 0.5) is 5.69 Å². The van der Waals surface area contributed by atoms with E-state index < -0.39 is 6.04 Å². The molecule has 0 saturated carbocycles. The number of amides is 1. The summed E-state index contributed by atoms with van der Waals surface area (Å²) in [6.45, 7) is 0. The summed E-state index contributed by atoms with van der Waals surface area (Å²) in [4.78, 5) is 17.4. The number of hydrogen-bond donors (Lipinski definition) is 1. The minimum absolute atomic E-state index is 0.150. The molecule has 0 spiro atoms. The fourth-order valence-electron chi connectivity index (χ4n) is 1.91. The van der Waals surface area contributed by atoms with Gasteiger partial charge in [0.25, 0.3) is 5.91 Å². The molecule has 0 bridgehead atoms. The van der Waals surface area contributed by atoms with Crippen LogP contribution >= 0.6 is 0 Å². The number of rotatable bonds is 5. The van der Waals surface area contributed by atoms with Crippen LogP contribution in [-0.4, -0.2) is 25.1 Å². The largest absolute Gasteiger partial charge is 0.370 e. The maximum absolute atomic E-state index is 12.4. The van der Waals surface area contributed by atoms with E-state index in [1.165, 1.54) is 12.2 Å². The van der Waals surface area contributed by atoms with E-state index in [1.54, 1.807) is 7.05 Å². The molecule has 2 rings (SSSR count). The minimum Gasteiger partial charge on any atom is -0.370 e. The molecule has 0 aliphatic carbocycles. The fourth-order valence-corrected chi connectivity index (χ4v) is 1.91. The van der Waals surface area contributed by atoms with Crippen LogP contribution in [0.2, 0.25) is 0 Å². The van der Waals surface area contributed by atoms with Crippen molar-refractivity contribution in [2.75, 3.05) is 19.5 Å². The lowest BCUT2D eigenvalue weighted by Crippen LogP contribution is -2.34. The molecule has 2 aromatic rings. The number of para-hydroxylation sites is 1. The third kappa shape index (κ3) is 3.36. The number of benzene rings is 2. The van der Waals surface area contributed by atoms with Gasteiger partial charge in [-0.2, -0.15) is 0 Å². The molecule has 2 aromatic carbocycles. The maximum Gasteiger partial charge on any atom is 0.272 e. The predicted molar refractivity (Wildman–Crippen MR) is 79.0 cm³/mol. The van der Waals surface area contributed by atoms with Crippen LogP contribution in [0.1, 0.15) is 11.6 Å². The molecule has 1 unspecified atom stereocenters. The number of hydrogen-bond acceptors (Lipinski definition) is 3. The Morgan fingerprint density at radius 1 is 1.05 bits per heavy atom. The van der Waals surface area contributed by atoms with Gasteiger partial charge < -0.3 is 5.32 Å². The second kappa shape index (κ2) is 6.73. The van der Waals surface area contributed by atoms with Gasteiger partial charge in [0.2, 0.25) is 0 Å². The first-order chi connectivity index (χ1) is 9.72. The summed E-state index contributed by atoms with van der Waals surface area (Å²) >= 11 is 0. The first-order valence-corrected chi connectivity index (χ1v) is 6.40. The molecule has 20 heavy (non-hydrogen) atoms. The van der Waals surface area contributed by atoms with Gasteiger partial charge in [-0.25, -0.2) is 5.06 Å². The number of nitrogens with zero attached hydrogens (tertiary/aromatic N) is 1. The average Bonchev–Trinajstić information content (AvgIpc) is 2.53. The van der Waals surface area contributed by atoms with Crippen molar-refractivity contribution in [1.29, 1.82) is 0 Å². The normalized spacial score (nSPS) is 11.7. The third-order valence-corrected chi connectivity index (χ3v) is 3.05. The molecule has 0 aliphatic rings. The van der Waals surface area contributed by atoms with E-state index in [9.17, 15) is 4.79 Å². The van der Waals surface area contributed by atoms with Crippen molar-refractivity contribution in [1.82, 2.24) is 5.06 Å². The highest BCUT2D eigenvalue weighted by Crippen LogP contribution is 2.21. The van der Waals surface area contributed by atoms with E-state index in [0.717, 1.165) is 11.3 Å². The third-order valence-electron chi connectivity index (χ3n) is 3.05. The van der Waals surface area contributed by atoms with Crippen molar-refractivity contribution in [2.24, 2.45) is 0 Å². The van der Waals surface area contributed by atoms with E-state index in [1.807, 2.05) is 60.7 Å². The van der Waals surface area contributed by atoms with Gasteiger partial charge >= 0.3 is 0 Å². The Kier molecular flexibility index (Phi) is 4.74. The van der Waals surface area contributed by atoms with Crippen LogP contribution in [0.3, 0.4) is 0 Å². The monoisotopic (exact) mass is 270 g/mol. The first-order valence-electron chi connectivity index (χ1n) is 6.40. The number of likely N-dealkylation sites (N-methyl/N-ethyl adjacent to an activating group) is 1. The smallest absolute Gasteiger partial charge is 0.272 e. The van der Waals surface area contributed by atoms with Gasteiger partial charge in [0.05, 0.1) is 7.11 Å². The summed E-state index contributed by atoms with van der Waals surface area (Å²) in [6.07, 6.45) is 0. The van der Waals surface area contributed by atoms with Gasteiger partial charge in [-0.1, -0.05) is 48.5 Å². The van der Waals surface area contributed by atoms with Crippen LogP contribution < -0.4 is 5.32 Å². The van der Waals surface area contributed by atoms with Crippen LogP contribution in [-0.2, 0) is 9.63 Å². The molecule has 104 valence electrons. The van der Waals surface area contributed by atoms with Crippen LogP contribution in [0.15, 0.2) is 60.7 Å². The fraction of sp³-hybridized carbons (Fsp3) is 0.188. The highest BCUT2D eigenvalue weighted by molar-refractivity contribution is 5.85. The molecule has 1 amide bonds. The molecule has 4 heteroatoms. The van der Waals surface area contributed by atoms with Crippen molar-refractivity contribution in [3.05, 3.63) is 66.2 Å². The average molecular weight is 270 g/mol. The molecule has 4 nitrogen and oxygen atoms in total. The number of hydroxylamine groups is 2. The Bertz CT molecular complexity index is 543. The van der Waals surface area contributed by atoms with Crippen molar-refractivity contribution in [3.8, 4) is 0 Å². The summed E-state index contributed by atoms with van der Waals surface area (Å²) in [5.41, 5.74) is 1.78. The van der Waals surface area contributed by atoms with Gasteiger partial charge in [-0.3, -0.25) is 9.63 Å². The predicted octanol–water partition coefficient (Wildman–Crippen LogP) is 2.86. The molecular weight excluding hydrogens is 252 g/mol. The van der Waals surface area contributed by atoms with Crippen molar-refractivity contribution in [3.63, 3.8) is 0 Å².